The number of halogens is 2. The number of thioether (sulfide) groups is 1. The first-order chi connectivity index (χ1) is 14.9. The summed E-state index contributed by atoms with van der Waals surface area (Å²) >= 11 is 13.3. The summed E-state index contributed by atoms with van der Waals surface area (Å²) in [5, 5.41) is 12.4. The molecule has 0 fully saturated rings. The number of carbonyl (C=O) groups excluding carboxylic acids is 1. The second-order valence-corrected chi connectivity index (χ2v) is 8.27. The Morgan fingerprint density at radius 2 is 2.00 bits per heavy atom. The summed E-state index contributed by atoms with van der Waals surface area (Å²) in [5.41, 5.74) is 0.781. The number of hydrogen-bond donors (Lipinski definition) is 2. The number of nitrogen functional groups attached to an aromatic ring is 1. The smallest absolute Gasteiger partial charge is 0.230 e. The van der Waals surface area contributed by atoms with Crippen LogP contribution < -0.4 is 20.6 Å². The van der Waals surface area contributed by atoms with E-state index in [1.165, 1.54) is 16.4 Å². The molecule has 0 saturated carbocycles. The van der Waals surface area contributed by atoms with Crippen molar-refractivity contribution in [2.75, 3.05) is 18.7 Å². The number of nitrogens with zero attached hydrogens (tertiary/aromatic N) is 3. The van der Waals surface area contributed by atoms with Gasteiger partial charge in [-0.05, 0) is 36.8 Å². The molecule has 3 rings (SSSR count). The normalized spacial score (nSPS) is 11.7. The molecule has 0 saturated heterocycles. The van der Waals surface area contributed by atoms with E-state index in [0.717, 1.165) is 5.56 Å². The van der Waals surface area contributed by atoms with Crippen molar-refractivity contribution in [3.63, 3.8) is 0 Å². The highest BCUT2D eigenvalue weighted by Crippen LogP contribution is 2.26. The van der Waals surface area contributed by atoms with E-state index in [1.807, 2.05) is 19.1 Å². The molecule has 11 heteroatoms. The molecule has 8 nitrogen and oxygen atoms in total. The summed E-state index contributed by atoms with van der Waals surface area (Å²) in [6.07, 6.45) is 0. The van der Waals surface area contributed by atoms with Gasteiger partial charge >= 0.3 is 0 Å². The Kier molecular flexibility index (Phi) is 7.89. The Morgan fingerprint density at radius 1 is 1.23 bits per heavy atom. The van der Waals surface area contributed by atoms with E-state index in [0.29, 0.717) is 32.5 Å². The van der Waals surface area contributed by atoms with Gasteiger partial charge in [0.25, 0.3) is 0 Å². The van der Waals surface area contributed by atoms with E-state index in [-0.39, 0.29) is 24.3 Å². The molecule has 1 unspecified atom stereocenters. The van der Waals surface area contributed by atoms with Crippen LogP contribution in [0.4, 0.5) is 0 Å². The van der Waals surface area contributed by atoms with Crippen molar-refractivity contribution in [3.05, 3.63) is 63.9 Å². The van der Waals surface area contributed by atoms with Gasteiger partial charge in [-0.1, -0.05) is 47.1 Å². The van der Waals surface area contributed by atoms with Crippen molar-refractivity contribution in [1.82, 2.24) is 20.2 Å². The first-order valence-electron chi connectivity index (χ1n) is 9.20. The van der Waals surface area contributed by atoms with Crippen LogP contribution in [0.5, 0.6) is 11.5 Å². The monoisotopic (exact) mass is 481 g/mol. The van der Waals surface area contributed by atoms with Crippen LogP contribution in [0, 0.1) is 0 Å². The number of ether oxygens (including phenoxy) is 2. The summed E-state index contributed by atoms with van der Waals surface area (Å²) < 4.78 is 12.1. The van der Waals surface area contributed by atoms with Crippen LogP contribution >= 0.6 is 35.0 Å². The molecule has 0 spiro atoms. The van der Waals surface area contributed by atoms with E-state index in [1.54, 1.807) is 37.4 Å². The number of amides is 1. The minimum absolute atomic E-state index is 0.113. The number of nitrogens with two attached hydrogens (primary N) is 1. The quantitative estimate of drug-likeness (QED) is 0.353. The van der Waals surface area contributed by atoms with Gasteiger partial charge in [-0.3, -0.25) is 4.79 Å². The molecule has 1 atom stereocenters. The molecule has 2 aromatic carbocycles. The van der Waals surface area contributed by atoms with Gasteiger partial charge in [0.05, 0.1) is 18.9 Å². The van der Waals surface area contributed by atoms with Gasteiger partial charge in [0.1, 0.15) is 18.1 Å². The van der Waals surface area contributed by atoms with E-state index < -0.39 is 0 Å². The van der Waals surface area contributed by atoms with Crippen LogP contribution in [-0.2, 0) is 11.4 Å². The number of rotatable bonds is 9. The maximum Gasteiger partial charge on any atom is 0.230 e. The fourth-order valence-electron chi connectivity index (χ4n) is 2.69. The van der Waals surface area contributed by atoms with Crippen molar-refractivity contribution in [2.45, 2.75) is 24.7 Å². The zero-order valence-electron chi connectivity index (χ0n) is 16.8. The van der Waals surface area contributed by atoms with Crippen molar-refractivity contribution < 1.29 is 14.3 Å². The molecule has 1 heterocycles. The minimum atomic E-state index is -0.277. The summed E-state index contributed by atoms with van der Waals surface area (Å²) in [5.74, 6) is 7.68. The Labute approximate surface area is 194 Å². The predicted molar refractivity (Wildman–Crippen MR) is 121 cm³/mol. The molecule has 0 aliphatic carbocycles. The third-order valence-electron chi connectivity index (χ3n) is 4.28. The second-order valence-electron chi connectivity index (χ2n) is 6.48. The van der Waals surface area contributed by atoms with Gasteiger partial charge in [-0.2, -0.15) is 0 Å². The number of benzene rings is 2. The summed E-state index contributed by atoms with van der Waals surface area (Å²) in [6.45, 7) is 1.96. The number of hydrogen-bond acceptors (Lipinski definition) is 7. The molecule has 164 valence electrons. The van der Waals surface area contributed by atoms with Gasteiger partial charge in [0.15, 0.2) is 5.82 Å². The van der Waals surface area contributed by atoms with Crippen molar-refractivity contribution in [3.8, 4) is 11.5 Å². The SMILES string of the molecule is COc1cccc(OCc2nnc(SCC(=O)NC(C)c3ccc(Cl)cc3Cl)n2N)c1. The Morgan fingerprint density at radius 3 is 2.74 bits per heavy atom. The first-order valence-corrected chi connectivity index (χ1v) is 10.9. The maximum atomic E-state index is 12.3. The molecule has 1 amide bonds. The van der Waals surface area contributed by atoms with E-state index in [4.69, 9.17) is 38.5 Å². The molecule has 3 aromatic rings. The van der Waals surface area contributed by atoms with E-state index in [9.17, 15) is 4.79 Å². The lowest BCUT2D eigenvalue weighted by Crippen LogP contribution is -2.28. The molecule has 0 aliphatic heterocycles. The molecule has 0 radical (unpaired) electrons. The standard InChI is InChI=1S/C20H21Cl2N5O3S/c1-12(16-7-6-13(21)8-17(16)22)24-19(28)11-31-20-26-25-18(27(20)23)10-30-15-5-3-4-14(9-15)29-2/h3-9,12H,10-11,23H2,1-2H3,(H,24,28). The molecule has 0 bridgehead atoms. The van der Waals surface area contributed by atoms with Gasteiger partial charge in [0, 0.05) is 16.1 Å². The highest BCUT2D eigenvalue weighted by Gasteiger charge is 2.16. The van der Waals surface area contributed by atoms with Gasteiger partial charge in [-0.25, -0.2) is 4.68 Å². The summed E-state index contributed by atoms with van der Waals surface area (Å²) in [6, 6.07) is 12.1. The topological polar surface area (TPSA) is 104 Å². The minimum Gasteiger partial charge on any atom is -0.497 e. The summed E-state index contributed by atoms with van der Waals surface area (Å²) in [4.78, 5) is 12.3. The van der Waals surface area contributed by atoms with Crippen LogP contribution in [0.25, 0.3) is 0 Å². The predicted octanol–water partition coefficient (Wildman–Crippen LogP) is 3.86. The largest absolute Gasteiger partial charge is 0.497 e. The molecular weight excluding hydrogens is 461 g/mol. The van der Waals surface area contributed by atoms with Crippen molar-refractivity contribution in [2.24, 2.45) is 0 Å². The Hall–Kier alpha value is -2.62. The van der Waals surface area contributed by atoms with Gasteiger partial charge in [-0.15, -0.1) is 10.2 Å². The van der Waals surface area contributed by atoms with Crippen LogP contribution in [0.2, 0.25) is 10.0 Å². The maximum absolute atomic E-state index is 12.3. The van der Waals surface area contributed by atoms with E-state index >= 15 is 0 Å². The lowest BCUT2D eigenvalue weighted by atomic mass is 10.1. The van der Waals surface area contributed by atoms with Crippen LogP contribution in [0.1, 0.15) is 24.4 Å². The summed E-state index contributed by atoms with van der Waals surface area (Å²) in [7, 11) is 1.58. The number of nitrogens with one attached hydrogen (secondary N) is 1. The first kappa shape index (κ1) is 23.1. The fraction of sp³-hybridized carbons (Fsp3) is 0.250. The molecule has 3 N–H and O–H groups in total. The van der Waals surface area contributed by atoms with Crippen molar-refractivity contribution >= 4 is 40.9 Å². The molecule has 0 aliphatic rings. The Balaban J connectivity index is 1.52. The van der Waals surface area contributed by atoms with Gasteiger partial charge in [0.2, 0.25) is 11.1 Å². The third-order valence-corrected chi connectivity index (χ3v) is 5.79. The molecular formula is C20H21Cl2N5O3S. The third kappa shape index (κ3) is 6.19. The average Bonchev–Trinajstić information content (AvgIpc) is 3.10. The Bertz CT molecular complexity index is 1060. The molecule has 31 heavy (non-hydrogen) atoms. The lowest BCUT2D eigenvalue weighted by Gasteiger charge is -2.15. The highest BCUT2D eigenvalue weighted by molar-refractivity contribution is 7.99. The second kappa shape index (κ2) is 10.6. The lowest BCUT2D eigenvalue weighted by molar-refractivity contribution is -0.119. The zero-order chi connectivity index (χ0) is 22.4. The van der Waals surface area contributed by atoms with Gasteiger partial charge < -0.3 is 20.6 Å². The van der Waals surface area contributed by atoms with E-state index in [2.05, 4.69) is 15.5 Å². The molecule has 1 aromatic heterocycles. The highest BCUT2D eigenvalue weighted by atomic mass is 35.5. The number of methoxy groups -OCH3 is 1. The van der Waals surface area contributed by atoms with Crippen LogP contribution in [0.3, 0.4) is 0 Å². The average molecular weight is 482 g/mol. The fourth-order valence-corrected chi connectivity index (χ4v) is 3.95. The number of carbonyl (C=O) groups is 1. The van der Waals surface area contributed by atoms with Crippen LogP contribution in [-0.4, -0.2) is 33.6 Å². The number of aromatic nitrogens is 3. The zero-order valence-corrected chi connectivity index (χ0v) is 19.2. The van der Waals surface area contributed by atoms with Crippen molar-refractivity contribution in [1.29, 1.82) is 0 Å². The van der Waals surface area contributed by atoms with Crippen LogP contribution in [0.15, 0.2) is 47.6 Å².